The summed E-state index contributed by atoms with van der Waals surface area (Å²) in [5.41, 5.74) is 5.86. The summed E-state index contributed by atoms with van der Waals surface area (Å²) in [6.07, 6.45) is 2.83. The van der Waals surface area contributed by atoms with Crippen molar-refractivity contribution in [3.63, 3.8) is 0 Å². The molecule has 0 bridgehead atoms. The molecule has 0 unspecified atom stereocenters. The van der Waals surface area contributed by atoms with Gasteiger partial charge in [-0.2, -0.15) is 0 Å². The quantitative estimate of drug-likeness (QED) is 0.672. The lowest BCUT2D eigenvalue weighted by atomic mass is 10.1. The summed E-state index contributed by atoms with van der Waals surface area (Å²) in [6, 6.07) is 4.06. The van der Waals surface area contributed by atoms with Crippen LogP contribution in [0.4, 0.5) is 5.69 Å². The summed E-state index contributed by atoms with van der Waals surface area (Å²) >= 11 is 0. The van der Waals surface area contributed by atoms with Crippen LogP contribution in [0.3, 0.4) is 0 Å². The maximum atomic E-state index is 12.0. The number of aliphatic hydroxyl groups excluding tert-OH is 1. The molecule has 7 heteroatoms. The lowest BCUT2D eigenvalue weighted by Gasteiger charge is -2.13. The Morgan fingerprint density at radius 2 is 2.05 bits per heavy atom. The largest absolute Gasteiger partial charge is 0.399 e. The van der Waals surface area contributed by atoms with E-state index in [9.17, 15) is 18.3 Å². The van der Waals surface area contributed by atoms with Crippen molar-refractivity contribution in [2.45, 2.75) is 17.7 Å². The Labute approximate surface area is 117 Å². The molecule has 0 aromatic heterocycles. The molecule has 1 fully saturated rings. The number of nitrogen functional groups attached to an aromatic ring is 1. The van der Waals surface area contributed by atoms with Crippen LogP contribution in [0.25, 0.3) is 0 Å². The lowest BCUT2D eigenvalue weighted by Crippen LogP contribution is -2.32. The molecular formula is C13H18N2O4S. The lowest BCUT2D eigenvalue weighted by molar-refractivity contribution is 0.0935. The number of aliphatic hydroxyl groups is 1. The van der Waals surface area contributed by atoms with Crippen LogP contribution in [0, 0.1) is 5.41 Å². The van der Waals surface area contributed by atoms with Gasteiger partial charge in [-0.3, -0.25) is 4.79 Å². The Bertz CT molecular complexity index is 636. The predicted octanol–water partition coefficient (Wildman–Crippen LogP) is 0.175. The van der Waals surface area contributed by atoms with Gasteiger partial charge in [-0.1, -0.05) is 0 Å². The SMILES string of the molecule is CS(=O)(=O)c1cc(N)cc(C(=O)NCC2(CO)CC2)c1. The van der Waals surface area contributed by atoms with Crippen molar-refractivity contribution < 1.29 is 18.3 Å². The topological polar surface area (TPSA) is 109 Å². The molecule has 0 radical (unpaired) electrons. The summed E-state index contributed by atoms with van der Waals surface area (Å²) in [5, 5.41) is 11.9. The van der Waals surface area contributed by atoms with Crippen LogP contribution in [-0.4, -0.2) is 38.8 Å². The zero-order valence-corrected chi connectivity index (χ0v) is 12.0. The van der Waals surface area contributed by atoms with E-state index >= 15 is 0 Å². The molecule has 1 saturated carbocycles. The molecule has 1 aliphatic carbocycles. The van der Waals surface area contributed by atoms with Gasteiger partial charge >= 0.3 is 0 Å². The van der Waals surface area contributed by atoms with Crippen LogP contribution < -0.4 is 11.1 Å². The highest BCUT2D eigenvalue weighted by molar-refractivity contribution is 7.90. The number of anilines is 1. The van der Waals surface area contributed by atoms with Gasteiger partial charge in [-0.15, -0.1) is 0 Å². The number of carbonyl (C=O) groups excluding carboxylic acids is 1. The fraction of sp³-hybridized carbons (Fsp3) is 0.462. The van der Waals surface area contributed by atoms with E-state index in [1.165, 1.54) is 18.2 Å². The Kier molecular flexibility index (Phi) is 3.75. The van der Waals surface area contributed by atoms with Crippen molar-refractivity contribution in [1.82, 2.24) is 5.32 Å². The minimum atomic E-state index is -3.42. The molecule has 0 saturated heterocycles. The monoisotopic (exact) mass is 298 g/mol. The Morgan fingerprint density at radius 1 is 1.40 bits per heavy atom. The smallest absolute Gasteiger partial charge is 0.251 e. The highest BCUT2D eigenvalue weighted by atomic mass is 32.2. The van der Waals surface area contributed by atoms with Gasteiger partial charge in [-0.25, -0.2) is 8.42 Å². The van der Waals surface area contributed by atoms with E-state index < -0.39 is 9.84 Å². The number of rotatable bonds is 5. The molecule has 1 aromatic rings. The second-order valence-electron chi connectivity index (χ2n) is 5.40. The number of benzene rings is 1. The van der Waals surface area contributed by atoms with E-state index in [0.29, 0.717) is 6.54 Å². The van der Waals surface area contributed by atoms with Crippen LogP contribution in [0.15, 0.2) is 23.1 Å². The number of hydrogen-bond donors (Lipinski definition) is 3. The van der Waals surface area contributed by atoms with E-state index in [4.69, 9.17) is 5.73 Å². The first-order chi connectivity index (χ1) is 9.26. The van der Waals surface area contributed by atoms with Gasteiger partial charge in [-0.05, 0) is 31.0 Å². The fourth-order valence-electron chi connectivity index (χ4n) is 1.90. The molecule has 20 heavy (non-hydrogen) atoms. The normalized spacial score (nSPS) is 16.7. The number of sulfone groups is 1. The second kappa shape index (κ2) is 5.06. The molecule has 0 heterocycles. The van der Waals surface area contributed by atoms with Gasteiger partial charge in [0.05, 0.1) is 11.5 Å². The third-order valence-corrected chi connectivity index (χ3v) is 4.63. The van der Waals surface area contributed by atoms with Gasteiger partial charge < -0.3 is 16.2 Å². The number of nitrogens with one attached hydrogen (secondary N) is 1. The first-order valence-electron chi connectivity index (χ1n) is 6.25. The summed E-state index contributed by atoms with van der Waals surface area (Å²) < 4.78 is 23.0. The van der Waals surface area contributed by atoms with Crippen LogP contribution in [0.5, 0.6) is 0 Å². The molecule has 2 rings (SSSR count). The van der Waals surface area contributed by atoms with Crippen LogP contribution in [0.1, 0.15) is 23.2 Å². The van der Waals surface area contributed by atoms with Gasteiger partial charge in [0.2, 0.25) is 0 Å². The average Bonchev–Trinajstić information content (AvgIpc) is 3.15. The van der Waals surface area contributed by atoms with Gasteiger partial charge in [0.1, 0.15) is 0 Å². The Hall–Kier alpha value is -1.60. The summed E-state index contributed by atoms with van der Waals surface area (Å²) in [6.45, 7) is 0.421. The number of nitrogens with two attached hydrogens (primary N) is 1. The second-order valence-corrected chi connectivity index (χ2v) is 7.42. The first-order valence-corrected chi connectivity index (χ1v) is 8.15. The Morgan fingerprint density at radius 3 is 2.55 bits per heavy atom. The molecule has 0 spiro atoms. The molecule has 110 valence electrons. The maximum Gasteiger partial charge on any atom is 0.251 e. The zero-order chi connectivity index (χ0) is 15.0. The average molecular weight is 298 g/mol. The van der Waals surface area contributed by atoms with Crippen molar-refractivity contribution in [2.24, 2.45) is 5.41 Å². The summed E-state index contributed by atoms with van der Waals surface area (Å²) in [7, 11) is -3.42. The molecule has 4 N–H and O–H groups in total. The predicted molar refractivity (Wildman–Crippen MR) is 75.1 cm³/mol. The zero-order valence-electron chi connectivity index (χ0n) is 11.2. The minimum absolute atomic E-state index is 0.0194. The number of amides is 1. The minimum Gasteiger partial charge on any atom is -0.399 e. The third-order valence-electron chi connectivity index (χ3n) is 3.54. The first kappa shape index (κ1) is 14.8. The standard InChI is InChI=1S/C13H18N2O4S/c1-20(18,19)11-5-9(4-10(14)6-11)12(17)15-7-13(8-16)2-3-13/h4-6,16H,2-3,7-8,14H2,1H3,(H,15,17). The van der Waals surface area contributed by atoms with Crippen molar-refractivity contribution >= 4 is 21.4 Å². The highest BCUT2D eigenvalue weighted by Crippen LogP contribution is 2.44. The van der Waals surface area contributed by atoms with E-state index in [0.717, 1.165) is 19.1 Å². The molecule has 0 aliphatic heterocycles. The van der Waals surface area contributed by atoms with Crippen molar-refractivity contribution in [1.29, 1.82) is 0 Å². The summed E-state index contributed by atoms with van der Waals surface area (Å²) in [5.74, 6) is -0.387. The van der Waals surface area contributed by atoms with Crippen molar-refractivity contribution in [3.05, 3.63) is 23.8 Å². The number of carbonyl (C=O) groups is 1. The van der Waals surface area contributed by atoms with E-state index in [2.05, 4.69) is 5.32 Å². The van der Waals surface area contributed by atoms with Gasteiger partial charge in [0.25, 0.3) is 5.91 Å². The van der Waals surface area contributed by atoms with Crippen LogP contribution in [-0.2, 0) is 9.84 Å². The van der Waals surface area contributed by atoms with Crippen molar-refractivity contribution in [2.75, 3.05) is 25.1 Å². The third kappa shape index (κ3) is 3.29. The molecule has 0 atom stereocenters. The molecule has 1 aliphatic rings. The van der Waals surface area contributed by atoms with Gasteiger partial charge in [0, 0.05) is 29.5 Å². The summed E-state index contributed by atoms with van der Waals surface area (Å²) in [4.78, 5) is 12.0. The van der Waals surface area contributed by atoms with Gasteiger partial charge in [0.15, 0.2) is 9.84 Å². The van der Waals surface area contributed by atoms with E-state index in [1.807, 2.05) is 0 Å². The van der Waals surface area contributed by atoms with Crippen LogP contribution >= 0.6 is 0 Å². The van der Waals surface area contributed by atoms with E-state index in [1.54, 1.807) is 0 Å². The molecule has 1 amide bonds. The number of hydrogen-bond acceptors (Lipinski definition) is 5. The van der Waals surface area contributed by atoms with E-state index in [-0.39, 0.29) is 34.1 Å². The Balaban J connectivity index is 2.16. The highest BCUT2D eigenvalue weighted by Gasteiger charge is 2.42. The molecule has 1 aromatic carbocycles. The van der Waals surface area contributed by atoms with Crippen LogP contribution in [0.2, 0.25) is 0 Å². The van der Waals surface area contributed by atoms with Crippen molar-refractivity contribution in [3.8, 4) is 0 Å². The molecular weight excluding hydrogens is 280 g/mol. The fourth-order valence-corrected chi connectivity index (χ4v) is 2.60. The molecule has 6 nitrogen and oxygen atoms in total. The maximum absolute atomic E-state index is 12.0.